The van der Waals surface area contributed by atoms with Crippen LogP contribution in [0.1, 0.15) is 13.8 Å². The molecule has 0 spiro atoms. The lowest BCUT2D eigenvalue weighted by atomic mass is 9.97. The van der Waals surface area contributed by atoms with Crippen LogP contribution in [0, 0.1) is 0 Å². The summed E-state index contributed by atoms with van der Waals surface area (Å²) in [6.07, 6.45) is -11.5. The fraction of sp³-hybridized carbons (Fsp3) is 1.00. The third kappa shape index (κ3) is 3.28. The molecule has 0 radical (unpaired) electrons. The minimum Gasteiger partial charge on any atom is -0.388 e. The average molecular weight is 324 g/mol. The van der Waals surface area contributed by atoms with Gasteiger partial charge in [0.15, 0.2) is 12.6 Å². The van der Waals surface area contributed by atoms with E-state index >= 15 is 0 Å². The summed E-state index contributed by atoms with van der Waals surface area (Å²) in [6.45, 7) is 3.07. The molecule has 22 heavy (non-hydrogen) atoms. The fourth-order valence-corrected chi connectivity index (χ4v) is 2.69. The Morgan fingerprint density at radius 1 is 0.727 bits per heavy atom. The molecular formula is C13H24O9. The van der Waals surface area contributed by atoms with Crippen LogP contribution < -0.4 is 0 Å². The molecule has 0 saturated carbocycles. The molecule has 2 heterocycles. The van der Waals surface area contributed by atoms with Crippen LogP contribution in [0.15, 0.2) is 0 Å². The molecule has 0 aromatic heterocycles. The van der Waals surface area contributed by atoms with E-state index in [4.69, 9.17) is 18.9 Å². The number of ether oxygens (including phenoxy) is 4. The van der Waals surface area contributed by atoms with Crippen molar-refractivity contribution in [1.82, 2.24) is 0 Å². The maximum Gasteiger partial charge on any atom is 0.187 e. The predicted molar refractivity (Wildman–Crippen MR) is 70.6 cm³/mol. The van der Waals surface area contributed by atoms with E-state index in [1.807, 2.05) is 0 Å². The maximum absolute atomic E-state index is 10.2. The number of rotatable bonds is 3. The van der Waals surface area contributed by atoms with Crippen molar-refractivity contribution in [1.29, 1.82) is 0 Å². The topological polar surface area (TPSA) is 138 Å². The molecule has 0 aromatic rings. The Morgan fingerprint density at radius 3 is 1.91 bits per heavy atom. The summed E-state index contributed by atoms with van der Waals surface area (Å²) in [5.41, 5.74) is 0. The first-order valence-electron chi connectivity index (χ1n) is 7.17. The highest BCUT2D eigenvalue weighted by Gasteiger charge is 2.49. The average Bonchev–Trinajstić information content (AvgIpc) is 2.47. The lowest BCUT2D eigenvalue weighted by Gasteiger charge is -2.45. The van der Waals surface area contributed by atoms with Crippen LogP contribution in [0.4, 0.5) is 0 Å². The number of aliphatic hydroxyl groups excluding tert-OH is 5. The third-order valence-electron chi connectivity index (χ3n) is 4.15. The molecule has 0 bridgehead atoms. The number of methoxy groups -OCH3 is 1. The van der Waals surface area contributed by atoms with Crippen LogP contribution in [-0.4, -0.2) is 94.1 Å². The standard InChI is InChI=1S/C13H24O9/c1-4-6(14)8(16)9(17)13(21-4)22-10-7(15)5(2)20-12(18)11(10)19-3/h4-18H,1-3H3/t4-,5-,6-,7-,8+,9+,10+,11+,12+,13-/m0/s1. The van der Waals surface area contributed by atoms with Crippen LogP contribution in [0.3, 0.4) is 0 Å². The van der Waals surface area contributed by atoms with Crippen molar-refractivity contribution in [3.63, 3.8) is 0 Å². The quantitative estimate of drug-likeness (QED) is 0.376. The second-order valence-corrected chi connectivity index (χ2v) is 5.70. The molecule has 9 nitrogen and oxygen atoms in total. The first kappa shape index (κ1) is 18.0. The van der Waals surface area contributed by atoms with Crippen molar-refractivity contribution < 1.29 is 44.5 Å². The third-order valence-corrected chi connectivity index (χ3v) is 4.15. The Balaban J connectivity index is 2.12. The smallest absolute Gasteiger partial charge is 0.187 e. The highest BCUT2D eigenvalue weighted by atomic mass is 16.7. The molecule has 10 atom stereocenters. The van der Waals surface area contributed by atoms with Crippen molar-refractivity contribution in [2.24, 2.45) is 0 Å². The van der Waals surface area contributed by atoms with Gasteiger partial charge in [-0.3, -0.25) is 0 Å². The van der Waals surface area contributed by atoms with Gasteiger partial charge >= 0.3 is 0 Å². The van der Waals surface area contributed by atoms with E-state index in [0.717, 1.165) is 0 Å². The lowest BCUT2D eigenvalue weighted by Crippen LogP contribution is -2.63. The van der Waals surface area contributed by atoms with Crippen molar-refractivity contribution in [3.8, 4) is 0 Å². The van der Waals surface area contributed by atoms with Gasteiger partial charge in [-0.1, -0.05) is 0 Å². The van der Waals surface area contributed by atoms with Crippen LogP contribution in [0.25, 0.3) is 0 Å². The van der Waals surface area contributed by atoms with Gasteiger partial charge in [0.05, 0.1) is 12.2 Å². The second-order valence-electron chi connectivity index (χ2n) is 5.70. The highest BCUT2D eigenvalue weighted by molar-refractivity contribution is 4.92. The molecule has 2 aliphatic rings. The van der Waals surface area contributed by atoms with Gasteiger partial charge in [0, 0.05) is 7.11 Å². The van der Waals surface area contributed by atoms with Crippen molar-refractivity contribution in [2.45, 2.75) is 75.3 Å². The molecule has 2 saturated heterocycles. The molecule has 130 valence electrons. The maximum atomic E-state index is 10.2. The summed E-state index contributed by atoms with van der Waals surface area (Å²) < 4.78 is 21.0. The van der Waals surface area contributed by atoms with Crippen LogP contribution >= 0.6 is 0 Å². The van der Waals surface area contributed by atoms with Crippen molar-refractivity contribution in [3.05, 3.63) is 0 Å². The molecule has 0 aromatic carbocycles. The van der Waals surface area contributed by atoms with Crippen LogP contribution in [-0.2, 0) is 18.9 Å². The Kier molecular flexibility index (Phi) is 5.75. The van der Waals surface area contributed by atoms with Gasteiger partial charge in [-0.2, -0.15) is 0 Å². The number of hydrogen-bond donors (Lipinski definition) is 5. The van der Waals surface area contributed by atoms with E-state index in [9.17, 15) is 25.5 Å². The summed E-state index contributed by atoms with van der Waals surface area (Å²) in [6, 6.07) is 0. The predicted octanol–water partition coefficient (Wildman–Crippen LogP) is -2.69. The van der Waals surface area contributed by atoms with Gasteiger partial charge in [-0.05, 0) is 13.8 Å². The first-order chi connectivity index (χ1) is 10.3. The molecule has 9 heteroatoms. The molecule has 2 fully saturated rings. The Morgan fingerprint density at radius 2 is 1.32 bits per heavy atom. The van der Waals surface area contributed by atoms with Gasteiger partial charge < -0.3 is 44.5 Å². The Labute approximate surface area is 128 Å². The molecule has 2 rings (SSSR count). The number of aliphatic hydroxyl groups is 5. The van der Waals surface area contributed by atoms with E-state index in [0.29, 0.717) is 0 Å². The summed E-state index contributed by atoms with van der Waals surface area (Å²) >= 11 is 0. The van der Waals surface area contributed by atoms with Gasteiger partial charge in [-0.15, -0.1) is 0 Å². The van der Waals surface area contributed by atoms with E-state index in [1.165, 1.54) is 14.0 Å². The molecule has 0 unspecified atom stereocenters. The summed E-state index contributed by atoms with van der Waals surface area (Å²) in [5, 5.41) is 49.4. The van der Waals surface area contributed by atoms with Crippen molar-refractivity contribution >= 4 is 0 Å². The molecule has 0 aliphatic carbocycles. The normalized spacial score (nSPS) is 53.5. The first-order valence-corrected chi connectivity index (χ1v) is 7.17. The van der Waals surface area contributed by atoms with Gasteiger partial charge in [-0.25, -0.2) is 0 Å². The van der Waals surface area contributed by atoms with E-state index < -0.39 is 61.4 Å². The zero-order chi connectivity index (χ0) is 16.6. The van der Waals surface area contributed by atoms with Crippen molar-refractivity contribution in [2.75, 3.05) is 7.11 Å². The summed E-state index contributed by atoms with van der Waals surface area (Å²) in [5.74, 6) is 0. The monoisotopic (exact) mass is 324 g/mol. The zero-order valence-electron chi connectivity index (χ0n) is 12.6. The second kappa shape index (κ2) is 7.04. The molecule has 5 N–H and O–H groups in total. The van der Waals surface area contributed by atoms with E-state index in [1.54, 1.807) is 6.92 Å². The molecule has 0 amide bonds. The fourth-order valence-electron chi connectivity index (χ4n) is 2.69. The lowest BCUT2D eigenvalue weighted by molar-refractivity contribution is -0.351. The van der Waals surface area contributed by atoms with E-state index in [2.05, 4.69) is 0 Å². The summed E-state index contributed by atoms with van der Waals surface area (Å²) in [7, 11) is 1.32. The Bertz CT molecular complexity index is 367. The zero-order valence-corrected chi connectivity index (χ0v) is 12.6. The van der Waals surface area contributed by atoms with Crippen LogP contribution in [0.5, 0.6) is 0 Å². The van der Waals surface area contributed by atoms with E-state index in [-0.39, 0.29) is 0 Å². The minimum absolute atomic E-state index is 0.722. The summed E-state index contributed by atoms with van der Waals surface area (Å²) in [4.78, 5) is 0. The highest BCUT2D eigenvalue weighted by Crippen LogP contribution is 2.29. The number of hydrogen-bond acceptors (Lipinski definition) is 9. The SMILES string of the molecule is CO[C@@H]1[C@H](O[C@@H]2O[C@@H](C)[C@H](O)[C@@H](O)[C@H]2O)[C@@H](O)[C@H](C)O[C@H]1O. The largest absolute Gasteiger partial charge is 0.388 e. The van der Waals surface area contributed by atoms with Gasteiger partial charge in [0.2, 0.25) is 0 Å². The van der Waals surface area contributed by atoms with Gasteiger partial charge in [0.25, 0.3) is 0 Å². The molecular weight excluding hydrogens is 300 g/mol. The minimum atomic E-state index is -1.51. The van der Waals surface area contributed by atoms with Gasteiger partial charge in [0.1, 0.15) is 36.6 Å². The molecule has 2 aliphatic heterocycles. The Hall–Kier alpha value is -0.360. The van der Waals surface area contributed by atoms with Crippen LogP contribution in [0.2, 0.25) is 0 Å².